The van der Waals surface area contributed by atoms with Crippen molar-refractivity contribution < 1.29 is 14.7 Å². The number of aryl methyl sites for hydroxylation is 1. The maximum Gasteiger partial charge on any atom is 0.304 e. The van der Waals surface area contributed by atoms with Gasteiger partial charge in [0, 0.05) is 17.0 Å². The van der Waals surface area contributed by atoms with Gasteiger partial charge in [-0.15, -0.1) is 11.3 Å². The van der Waals surface area contributed by atoms with E-state index >= 15 is 0 Å². The second kappa shape index (κ2) is 7.67. The molecule has 128 valence electrons. The molecule has 5 nitrogen and oxygen atoms in total. The Bertz CT molecular complexity index is 920. The van der Waals surface area contributed by atoms with Crippen molar-refractivity contribution in [2.75, 3.05) is 11.1 Å². The summed E-state index contributed by atoms with van der Waals surface area (Å²) in [5.74, 6) is -0.471. The summed E-state index contributed by atoms with van der Waals surface area (Å²) in [4.78, 5) is 27.3. The number of nitrogens with zero attached hydrogens (tertiary/aromatic N) is 1. The van der Waals surface area contributed by atoms with Crippen molar-refractivity contribution in [3.63, 3.8) is 0 Å². The molecule has 0 bridgehead atoms. The van der Waals surface area contributed by atoms with Gasteiger partial charge >= 0.3 is 5.97 Å². The number of thiazole rings is 1. The van der Waals surface area contributed by atoms with E-state index in [0.717, 1.165) is 20.1 Å². The van der Waals surface area contributed by atoms with Crippen LogP contribution in [0.1, 0.15) is 22.3 Å². The quantitative estimate of drug-likeness (QED) is 0.626. The van der Waals surface area contributed by atoms with E-state index in [1.165, 1.54) is 23.1 Å². The number of nitrogens with one attached hydrogen (secondary N) is 1. The molecule has 1 heterocycles. The molecule has 0 aliphatic heterocycles. The topological polar surface area (TPSA) is 79.3 Å². The Labute approximate surface area is 153 Å². The zero-order valence-corrected chi connectivity index (χ0v) is 15.1. The average Bonchev–Trinajstić information content (AvgIpc) is 2.97. The highest BCUT2D eigenvalue weighted by Crippen LogP contribution is 2.31. The Morgan fingerprint density at radius 1 is 1.20 bits per heavy atom. The lowest BCUT2D eigenvalue weighted by Gasteiger charge is -2.05. The molecular weight excluding hydrogens is 356 g/mol. The zero-order valence-electron chi connectivity index (χ0n) is 13.5. The lowest BCUT2D eigenvalue weighted by molar-refractivity contribution is -0.136. The number of carboxylic acid groups (broad SMARTS) is 1. The maximum absolute atomic E-state index is 12.3. The monoisotopic (exact) mass is 372 g/mol. The summed E-state index contributed by atoms with van der Waals surface area (Å²) in [7, 11) is 0. The van der Waals surface area contributed by atoms with Crippen molar-refractivity contribution >= 4 is 50.9 Å². The highest BCUT2D eigenvalue weighted by molar-refractivity contribution is 8.01. The first-order valence-electron chi connectivity index (χ1n) is 7.64. The standard InChI is InChI=1S/C18H16N2O3S2/c1-11-2-4-12(5-3-11)17(23)19-13-6-7-14-15(10-13)25-18(20-14)24-9-8-16(21)22/h2-7,10H,8-9H2,1H3,(H,19,23)(H,21,22). The number of rotatable bonds is 6. The summed E-state index contributed by atoms with van der Waals surface area (Å²) in [5, 5.41) is 11.6. The summed E-state index contributed by atoms with van der Waals surface area (Å²) in [6, 6.07) is 13.0. The number of aromatic nitrogens is 1. The number of fused-ring (bicyclic) bond motifs is 1. The molecule has 0 atom stereocenters. The number of hydrogen-bond acceptors (Lipinski definition) is 5. The zero-order chi connectivity index (χ0) is 17.8. The minimum absolute atomic E-state index is 0.110. The second-order valence-corrected chi connectivity index (χ2v) is 7.85. The number of thioether (sulfide) groups is 1. The van der Waals surface area contributed by atoms with Gasteiger partial charge in [-0.2, -0.15) is 0 Å². The smallest absolute Gasteiger partial charge is 0.304 e. The van der Waals surface area contributed by atoms with Gasteiger partial charge in [-0.05, 0) is 37.3 Å². The van der Waals surface area contributed by atoms with E-state index in [2.05, 4.69) is 10.3 Å². The number of carbonyl (C=O) groups is 2. The van der Waals surface area contributed by atoms with Gasteiger partial charge in [-0.25, -0.2) is 4.98 Å². The Balaban J connectivity index is 1.71. The molecule has 0 fully saturated rings. The Morgan fingerprint density at radius 3 is 2.68 bits per heavy atom. The highest BCUT2D eigenvalue weighted by Gasteiger charge is 2.09. The summed E-state index contributed by atoms with van der Waals surface area (Å²) in [5.41, 5.74) is 3.27. The molecule has 0 saturated heterocycles. The van der Waals surface area contributed by atoms with Crippen molar-refractivity contribution in [3.8, 4) is 0 Å². The van der Waals surface area contributed by atoms with Crippen LogP contribution in [-0.2, 0) is 4.79 Å². The van der Waals surface area contributed by atoms with Crippen LogP contribution in [0.5, 0.6) is 0 Å². The number of carbonyl (C=O) groups excluding carboxylic acids is 1. The van der Waals surface area contributed by atoms with Crippen LogP contribution >= 0.6 is 23.1 Å². The van der Waals surface area contributed by atoms with E-state index in [1.54, 1.807) is 12.1 Å². The van der Waals surface area contributed by atoms with Crippen LogP contribution < -0.4 is 5.32 Å². The van der Waals surface area contributed by atoms with Gasteiger partial charge in [0.05, 0.1) is 16.6 Å². The molecular formula is C18H16N2O3S2. The van der Waals surface area contributed by atoms with E-state index < -0.39 is 5.97 Å². The largest absolute Gasteiger partial charge is 0.481 e. The number of aliphatic carboxylic acids is 1. The SMILES string of the molecule is Cc1ccc(C(=O)Nc2ccc3nc(SCCC(=O)O)sc3c2)cc1. The van der Waals surface area contributed by atoms with Crippen LogP contribution in [0.25, 0.3) is 10.2 Å². The predicted molar refractivity (Wildman–Crippen MR) is 102 cm³/mol. The Hall–Kier alpha value is -2.38. The molecule has 0 aliphatic rings. The first-order valence-corrected chi connectivity index (χ1v) is 9.45. The number of hydrogen-bond donors (Lipinski definition) is 2. The first kappa shape index (κ1) is 17.4. The van der Waals surface area contributed by atoms with E-state index in [1.807, 2.05) is 37.3 Å². The molecule has 3 rings (SSSR count). The lowest BCUT2D eigenvalue weighted by Crippen LogP contribution is -2.11. The van der Waals surface area contributed by atoms with Crippen LogP contribution in [0.2, 0.25) is 0 Å². The van der Waals surface area contributed by atoms with Crippen LogP contribution in [0.3, 0.4) is 0 Å². The molecule has 2 aromatic carbocycles. The van der Waals surface area contributed by atoms with Gasteiger partial charge in [0.15, 0.2) is 4.34 Å². The molecule has 7 heteroatoms. The second-order valence-electron chi connectivity index (χ2n) is 5.47. The minimum Gasteiger partial charge on any atom is -0.481 e. The molecule has 1 aromatic heterocycles. The van der Waals surface area contributed by atoms with Crippen LogP contribution in [0.15, 0.2) is 46.8 Å². The Morgan fingerprint density at radius 2 is 1.96 bits per heavy atom. The first-order chi connectivity index (χ1) is 12.0. The minimum atomic E-state index is -0.810. The summed E-state index contributed by atoms with van der Waals surface area (Å²) in [6.07, 6.45) is 0.110. The number of carboxylic acids is 1. The van der Waals surface area contributed by atoms with Gasteiger partial charge in [0.25, 0.3) is 5.91 Å². The number of anilines is 1. The van der Waals surface area contributed by atoms with Gasteiger partial charge in [0.1, 0.15) is 0 Å². The molecule has 3 aromatic rings. The van der Waals surface area contributed by atoms with Crippen molar-refractivity contribution in [2.24, 2.45) is 0 Å². The van der Waals surface area contributed by atoms with Gasteiger partial charge in [0.2, 0.25) is 0 Å². The fourth-order valence-corrected chi connectivity index (χ4v) is 4.28. The highest BCUT2D eigenvalue weighted by atomic mass is 32.2. The third-order valence-corrected chi connectivity index (χ3v) is 5.64. The Kier molecular flexibility index (Phi) is 5.35. The van der Waals surface area contributed by atoms with E-state index in [0.29, 0.717) is 17.0 Å². The molecule has 25 heavy (non-hydrogen) atoms. The molecule has 1 amide bonds. The normalized spacial score (nSPS) is 10.8. The van der Waals surface area contributed by atoms with E-state index in [-0.39, 0.29) is 12.3 Å². The molecule has 0 spiro atoms. The summed E-state index contributed by atoms with van der Waals surface area (Å²) < 4.78 is 1.79. The molecule has 0 radical (unpaired) electrons. The van der Waals surface area contributed by atoms with Crippen LogP contribution in [0.4, 0.5) is 5.69 Å². The van der Waals surface area contributed by atoms with Crippen molar-refractivity contribution in [1.82, 2.24) is 4.98 Å². The summed E-state index contributed by atoms with van der Waals surface area (Å²) >= 11 is 2.93. The van der Waals surface area contributed by atoms with Crippen molar-refractivity contribution in [1.29, 1.82) is 0 Å². The summed E-state index contributed by atoms with van der Waals surface area (Å²) in [6.45, 7) is 1.98. The number of benzene rings is 2. The number of amides is 1. The molecule has 2 N–H and O–H groups in total. The fraction of sp³-hybridized carbons (Fsp3) is 0.167. The van der Waals surface area contributed by atoms with E-state index in [4.69, 9.17) is 5.11 Å². The molecule has 0 unspecified atom stereocenters. The van der Waals surface area contributed by atoms with Crippen molar-refractivity contribution in [2.45, 2.75) is 17.7 Å². The van der Waals surface area contributed by atoms with Crippen LogP contribution in [0, 0.1) is 6.92 Å². The lowest BCUT2D eigenvalue weighted by atomic mass is 10.1. The maximum atomic E-state index is 12.3. The third-order valence-electron chi connectivity index (χ3n) is 3.48. The molecule has 0 saturated carbocycles. The van der Waals surface area contributed by atoms with Crippen molar-refractivity contribution in [3.05, 3.63) is 53.6 Å². The average molecular weight is 372 g/mol. The van der Waals surface area contributed by atoms with E-state index in [9.17, 15) is 9.59 Å². The third kappa shape index (κ3) is 4.58. The molecule has 0 aliphatic carbocycles. The van der Waals surface area contributed by atoms with Gasteiger partial charge in [-0.1, -0.05) is 29.5 Å². The van der Waals surface area contributed by atoms with Gasteiger partial charge < -0.3 is 10.4 Å². The van der Waals surface area contributed by atoms with Crippen LogP contribution in [-0.4, -0.2) is 27.7 Å². The van der Waals surface area contributed by atoms with Gasteiger partial charge in [-0.3, -0.25) is 9.59 Å². The fourth-order valence-electron chi connectivity index (χ4n) is 2.18. The predicted octanol–water partition coefficient (Wildman–Crippen LogP) is 4.42.